The lowest BCUT2D eigenvalue weighted by Crippen LogP contribution is -2.51. The third-order valence-electron chi connectivity index (χ3n) is 4.57. The molecule has 0 saturated carbocycles. The SMILES string of the molecule is CC(C)N1CCC(O)(CN[C@@H](C)c2ccc(Br)cc2)CC1. The van der Waals surface area contributed by atoms with Gasteiger partial charge in [0.05, 0.1) is 5.60 Å². The molecule has 1 atom stereocenters. The maximum absolute atomic E-state index is 10.7. The zero-order valence-corrected chi connectivity index (χ0v) is 14.9. The van der Waals surface area contributed by atoms with Crippen molar-refractivity contribution in [1.82, 2.24) is 10.2 Å². The van der Waals surface area contributed by atoms with Crippen molar-refractivity contribution in [2.45, 2.75) is 51.3 Å². The first kappa shape index (κ1) is 16.9. The maximum atomic E-state index is 10.7. The molecular weight excluding hydrogens is 328 g/mol. The molecule has 2 rings (SSSR count). The molecule has 1 aromatic rings. The van der Waals surface area contributed by atoms with Gasteiger partial charge in [0.15, 0.2) is 0 Å². The second kappa shape index (κ2) is 7.23. The Morgan fingerprint density at radius 2 is 1.76 bits per heavy atom. The lowest BCUT2D eigenvalue weighted by molar-refractivity contribution is -0.0277. The predicted molar refractivity (Wildman–Crippen MR) is 91.5 cm³/mol. The van der Waals surface area contributed by atoms with E-state index in [1.165, 1.54) is 5.56 Å². The minimum Gasteiger partial charge on any atom is -0.388 e. The fourth-order valence-electron chi connectivity index (χ4n) is 2.85. The van der Waals surface area contributed by atoms with Crippen molar-refractivity contribution in [2.24, 2.45) is 0 Å². The average molecular weight is 355 g/mol. The molecule has 3 nitrogen and oxygen atoms in total. The zero-order chi connectivity index (χ0) is 15.5. The number of benzene rings is 1. The van der Waals surface area contributed by atoms with Crippen molar-refractivity contribution in [3.8, 4) is 0 Å². The molecule has 0 aromatic heterocycles. The summed E-state index contributed by atoms with van der Waals surface area (Å²) in [6.07, 6.45) is 1.70. The van der Waals surface area contributed by atoms with Crippen molar-refractivity contribution in [1.29, 1.82) is 0 Å². The van der Waals surface area contributed by atoms with Crippen LogP contribution < -0.4 is 5.32 Å². The van der Waals surface area contributed by atoms with Crippen molar-refractivity contribution < 1.29 is 5.11 Å². The molecule has 0 unspecified atom stereocenters. The normalized spacial score (nSPS) is 20.7. The Morgan fingerprint density at radius 3 is 2.29 bits per heavy atom. The Bertz CT molecular complexity index is 439. The molecule has 1 aliphatic heterocycles. The number of aliphatic hydroxyl groups is 1. The number of nitrogens with zero attached hydrogens (tertiary/aromatic N) is 1. The summed E-state index contributed by atoms with van der Waals surface area (Å²) in [5.41, 5.74) is 0.691. The number of nitrogens with one attached hydrogen (secondary N) is 1. The van der Waals surface area contributed by atoms with E-state index in [0.29, 0.717) is 12.6 Å². The van der Waals surface area contributed by atoms with Crippen LogP contribution in [-0.4, -0.2) is 41.3 Å². The van der Waals surface area contributed by atoms with E-state index in [0.717, 1.165) is 30.4 Å². The number of likely N-dealkylation sites (tertiary alicyclic amines) is 1. The van der Waals surface area contributed by atoms with Crippen LogP contribution >= 0.6 is 15.9 Å². The Labute approximate surface area is 136 Å². The fourth-order valence-corrected chi connectivity index (χ4v) is 3.11. The predicted octanol–water partition coefficient (Wildman–Crippen LogP) is 3.34. The van der Waals surface area contributed by atoms with E-state index in [4.69, 9.17) is 0 Å². The second-order valence-corrected chi connectivity index (χ2v) is 7.42. The van der Waals surface area contributed by atoms with Gasteiger partial charge in [-0.2, -0.15) is 0 Å². The van der Waals surface area contributed by atoms with Crippen LogP contribution in [0.1, 0.15) is 45.2 Å². The molecule has 1 fully saturated rings. The molecule has 1 aromatic carbocycles. The van der Waals surface area contributed by atoms with Crippen molar-refractivity contribution in [3.63, 3.8) is 0 Å². The molecule has 0 aliphatic carbocycles. The van der Waals surface area contributed by atoms with Crippen LogP contribution in [0.15, 0.2) is 28.7 Å². The van der Waals surface area contributed by atoms with Crippen LogP contribution in [0.3, 0.4) is 0 Å². The summed E-state index contributed by atoms with van der Waals surface area (Å²) in [6, 6.07) is 9.18. The molecular formula is C17H27BrN2O. The molecule has 21 heavy (non-hydrogen) atoms. The number of rotatable bonds is 5. The van der Waals surface area contributed by atoms with Gasteiger partial charge in [-0.1, -0.05) is 28.1 Å². The summed E-state index contributed by atoms with van der Waals surface area (Å²) >= 11 is 3.46. The van der Waals surface area contributed by atoms with E-state index in [9.17, 15) is 5.11 Å². The van der Waals surface area contributed by atoms with E-state index < -0.39 is 5.60 Å². The summed E-state index contributed by atoms with van der Waals surface area (Å²) in [7, 11) is 0. The number of hydrogen-bond acceptors (Lipinski definition) is 3. The molecule has 4 heteroatoms. The summed E-state index contributed by atoms with van der Waals surface area (Å²) < 4.78 is 1.10. The Hall–Kier alpha value is -0.420. The second-order valence-electron chi connectivity index (χ2n) is 6.51. The van der Waals surface area contributed by atoms with Gasteiger partial charge in [0.2, 0.25) is 0 Å². The van der Waals surface area contributed by atoms with E-state index in [1.807, 2.05) is 0 Å². The van der Waals surface area contributed by atoms with E-state index in [-0.39, 0.29) is 6.04 Å². The molecule has 1 aliphatic rings. The molecule has 0 amide bonds. The van der Waals surface area contributed by atoms with E-state index in [2.05, 4.69) is 71.2 Å². The van der Waals surface area contributed by atoms with Gasteiger partial charge >= 0.3 is 0 Å². The Balaban J connectivity index is 1.83. The highest BCUT2D eigenvalue weighted by Gasteiger charge is 2.33. The molecule has 2 N–H and O–H groups in total. The quantitative estimate of drug-likeness (QED) is 0.851. The van der Waals surface area contributed by atoms with Crippen molar-refractivity contribution in [2.75, 3.05) is 19.6 Å². The highest BCUT2D eigenvalue weighted by molar-refractivity contribution is 9.10. The van der Waals surface area contributed by atoms with Crippen LogP contribution in [0.5, 0.6) is 0 Å². The van der Waals surface area contributed by atoms with Crippen molar-refractivity contribution >= 4 is 15.9 Å². The lowest BCUT2D eigenvalue weighted by Gasteiger charge is -2.40. The first-order valence-electron chi connectivity index (χ1n) is 7.85. The first-order chi connectivity index (χ1) is 9.89. The third-order valence-corrected chi connectivity index (χ3v) is 5.10. The fraction of sp³-hybridized carbons (Fsp3) is 0.647. The van der Waals surface area contributed by atoms with Gasteiger partial charge in [0.1, 0.15) is 0 Å². The minimum absolute atomic E-state index is 0.255. The summed E-state index contributed by atoms with van der Waals surface area (Å²) in [6.45, 7) is 9.23. The third kappa shape index (κ3) is 4.78. The van der Waals surface area contributed by atoms with Gasteiger partial charge in [-0.3, -0.25) is 0 Å². The van der Waals surface area contributed by atoms with Gasteiger partial charge in [0.25, 0.3) is 0 Å². The monoisotopic (exact) mass is 354 g/mol. The first-order valence-corrected chi connectivity index (χ1v) is 8.64. The highest BCUT2D eigenvalue weighted by Crippen LogP contribution is 2.24. The zero-order valence-electron chi connectivity index (χ0n) is 13.3. The minimum atomic E-state index is -0.561. The Kier molecular flexibility index (Phi) is 5.83. The van der Waals surface area contributed by atoms with Gasteiger partial charge in [-0.15, -0.1) is 0 Å². The largest absolute Gasteiger partial charge is 0.388 e. The summed E-state index contributed by atoms with van der Waals surface area (Å²) in [4.78, 5) is 2.44. The molecule has 0 bridgehead atoms. The molecule has 0 radical (unpaired) electrons. The van der Waals surface area contributed by atoms with Gasteiger partial charge in [-0.05, 0) is 51.3 Å². The maximum Gasteiger partial charge on any atom is 0.0796 e. The van der Waals surface area contributed by atoms with Crippen LogP contribution in [-0.2, 0) is 0 Å². The lowest BCUT2D eigenvalue weighted by atomic mass is 9.90. The van der Waals surface area contributed by atoms with Gasteiger partial charge in [-0.25, -0.2) is 0 Å². The molecule has 118 valence electrons. The molecule has 0 spiro atoms. The standard InChI is InChI=1S/C17H27BrN2O/c1-13(2)20-10-8-17(21,9-11-20)12-19-14(3)15-4-6-16(18)7-5-15/h4-7,13-14,19,21H,8-12H2,1-3H3/t14-/m0/s1. The number of piperidine rings is 1. The number of halogens is 1. The van der Waals surface area contributed by atoms with E-state index >= 15 is 0 Å². The average Bonchev–Trinajstić information content (AvgIpc) is 2.46. The molecule has 1 heterocycles. The van der Waals surface area contributed by atoms with Crippen LogP contribution in [0, 0.1) is 0 Å². The van der Waals surface area contributed by atoms with Gasteiger partial charge in [0, 0.05) is 36.2 Å². The van der Waals surface area contributed by atoms with E-state index in [1.54, 1.807) is 0 Å². The molecule has 1 saturated heterocycles. The van der Waals surface area contributed by atoms with Crippen LogP contribution in [0.25, 0.3) is 0 Å². The van der Waals surface area contributed by atoms with Gasteiger partial charge < -0.3 is 15.3 Å². The smallest absolute Gasteiger partial charge is 0.0796 e. The summed E-state index contributed by atoms with van der Waals surface area (Å²) in [5, 5.41) is 14.2. The van der Waals surface area contributed by atoms with Crippen LogP contribution in [0.4, 0.5) is 0 Å². The van der Waals surface area contributed by atoms with Crippen LogP contribution in [0.2, 0.25) is 0 Å². The Morgan fingerprint density at radius 1 is 1.19 bits per heavy atom. The highest BCUT2D eigenvalue weighted by atomic mass is 79.9. The van der Waals surface area contributed by atoms with Crippen molar-refractivity contribution in [3.05, 3.63) is 34.3 Å². The number of hydrogen-bond donors (Lipinski definition) is 2. The topological polar surface area (TPSA) is 35.5 Å². The summed E-state index contributed by atoms with van der Waals surface area (Å²) in [5.74, 6) is 0.